The molecule has 2 aromatic rings. The van der Waals surface area contributed by atoms with E-state index in [-0.39, 0.29) is 42.0 Å². The fourth-order valence-electron chi connectivity index (χ4n) is 2.51. The number of carbonyl (C=O) groups excluding carboxylic acids is 1. The minimum Gasteiger partial charge on any atom is -0.357 e. The molecule has 0 radical (unpaired) electrons. The zero-order chi connectivity index (χ0) is 19.6. The van der Waals surface area contributed by atoms with E-state index in [0.717, 1.165) is 23.8 Å². The molecule has 5 nitrogen and oxygen atoms in total. The fraction of sp³-hybridized carbons (Fsp3) is 0.300. The smallest absolute Gasteiger partial charge is 0.251 e. The van der Waals surface area contributed by atoms with Crippen LogP contribution in [-0.2, 0) is 13.0 Å². The zero-order valence-electron chi connectivity index (χ0n) is 15.9. The molecule has 8 heteroatoms. The Morgan fingerprint density at radius 2 is 1.89 bits per heavy atom. The highest BCUT2D eigenvalue weighted by Gasteiger charge is 2.06. The van der Waals surface area contributed by atoms with Crippen LogP contribution in [0, 0.1) is 11.6 Å². The maximum atomic E-state index is 13.7. The monoisotopic (exact) mass is 502 g/mol. The molecule has 0 spiro atoms. The van der Waals surface area contributed by atoms with Crippen molar-refractivity contribution in [1.29, 1.82) is 0 Å². The largest absolute Gasteiger partial charge is 0.357 e. The molecule has 28 heavy (non-hydrogen) atoms. The quantitative estimate of drug-likeness (QED) is 0.310. The van der Waals surface area contributed by atoms with Gasteiger partial charge in [-0.05, 0) is 49.2 Å². The molecule has 152 valence electrons. The molecule has 0 atom stereocenters. The second kappa shape index (κ2) is 12.3. The summed E-state index contributed by atoms with van der Waals surface area (Å²) in [6.07, 6.45) is 0.684. The Kier molecular flexibility index (Phi) is 10.4. The Morgan fingerprint density at radius 3 is 2.61 bits per heavy atom. The van der Waals surface area contributed by atoms with Crippen LogP contribution < -0.4 is 16.0 Å². The zero-order valence-corrected chi connectivity index (χ0v) is 18.2. The third-order valence-corrected chi connectivity index (χ3v) is 3.88. The maximum absolute atomic E-state index is 13.7. The second-order valence-electron chi connectivity index (χ2n) is 5.89. The first-order valence-corrected chi connectivity index (χ1v) is 8.80. The number of benzene rings is 2. The molecule has 0 aliphatic heterocycles. The summed E-state index contributed by atoms with van der Waals surface area (Å²) < 4.78 is 27.0. The highest BCUT2D eigenvalue weighted by molar-refractivity contribution is 14.0. The fourth-order valence-corrected chi connectivity index (χ4v) is 2.51. The van der Waals surface area contributed by atoms with E-state index >= 15 is 0 Å². The van der Waals surface area contributed by atoms with Crippen LogP contribution in [0.1, 0.15) is 28.4 Å². The highest BCUT2D eigenvalue weighted by atomic mass is 127. The van der Waals surface area contributed by atoms with Gasteiger partial charge in [-0.15, -0.1) is 24.0 Å². The van der Waals surface area contributed by atoms with Crippen LogP contribution in [0.4, 0.5) is 8.78 Å². The summed E-state index contributed by atoms with van der Waals surface area (Å²) in [4.78, 5) is 16.0. The molecule has 0 saturated carbocycles. The normalized spacial score (nSPS) is 10.8. The Bertz CT molecular complexity index is 815. The number of hydrogen-bond acceptors (Lipinski definition) is 2. The van der Waals surface area contributed by atoms with Crippen molar-refractivity contribution in [3.05, 3.63) is 70.8 Å². The van der Waals surface area contributed by atoms with Crippen LogP contribution in [0.15, 0.2) is 47.5 Å². The van der Waals surface area contributed by atoms with Gasteiger partial charge in [0.1, 0.15) is 11.6 Å². The van der Waals surface area contributed by atoms with Crippen LogP contribution in [0.5, 0.6) is 0 Å². The van der Waals surface area contributed by atoms with E-state index in [1.54, 1.807) is 13.1 Å². The van der Waals surface area contributed by atoms with Crippen molar-refractivity contribution in [3.8, 4) is 0 Å². The Morgan fingerprint density at radius 1 is 1.11 bits per heavy atom. The van der Waals surface area contributed by atoms with Gasteiger partial charge in [0.05, 0.1) is 6.54 Å². The van der Waals surface area contributed by atoms with E-state index in [2.05, 4.69) is 20.9 Å². The van der Waals surface area contributed by atoms with Gasteiger partial charge in [0, 0.05) is 31.3 Å². The lowest BCUT2D eigenvalue weighted by Crippen LogP contribution is -2.38. The molecular formula is C20H25F2IN4O. The van der Waals surface area contributed by atoms with Crippen LogP contribution in [0.25, 0.3) is 0 Å². The molecule has 3 N–H and O–H groups in total. The molecule has 2 rings (SSSR count). The highest BCUT2D eigenvalue weighted by Crippen LogP contribution is 2.10. The predicted octanol–water partition coefficient (Wildman–Crippen LogP) is 3.24. The van der Waals surface area contributed by atoms with Gasteiger partial charge in [0.25, 0.3) is 5.91 Å². The number of aliphatic imine (C=N–C) groups is 1. The second-order valence-corrected chi connectivity index (χ2v) is 5.89. The summed E-state index contributed by atoms with van der Waals surface area (Å²) in [7, 11) is 1.59. The van der Waals surface area contributed by atoms with E-state index in [1.807, 2.05) is 25.1 Å². The van der Waals surface area contributed by atoms with Gasteiger partial charge in [-0.25, -0.2) is 13.8 Å². The summed E-state index contributed by atoms with van der Waals surface area (Å²) >= 11 is 0. The summed E-state index contributed by atoms with van der Waals surface area (Å²) in [5.41, 5.74) is 1.82. The van der Waals surface area contributed by atoms with Crippen molar-refractivity contribution in [3.63, 3.8) is 0 Å². The van der Waals surface area contributed by atoms with E-state index < -0.39 is 11.6 Å². The molecule has 0 heterocycles. The minimum absolute atomic E-state index is 0. The molecule has 0 saturated heterocycles. The molecule has 1 amide bonds. The lowest BCUT2D eigenvalue weighted by molar-refractivity contribution is 0.0963. The van der Waals surface area contributed by atoms with Crippen LogP contribution >= 0.6 is 24.0 Å². The van der Waals surface area contributed by atoms with Crippen molar-refractivity contribution in [2.75, 3.05) is 20.1 Å². The molecule has 0 aliphatic rings. The standard InChI is InChI=1S/C20H24F2N4O.HI/c1-3-24-20(26-13-16-12-17(21)7-8-18(16)22)25-10-9-14-5-4-6-15(11-14)19(27)23-2;/h4-8,11-12H,3,9-10,13H2,1-2H3,(H,23,27)(H2,24,25,26);1H. The molecule has 0 bridgehead atoms. The number of nitrogens with one attached hydrogen (secondary N) is 3. The van der Waals surface area contributed by atoms with Crippen molar-refractivity contribution in [2.24, 2.45) is 4.99 Å². The SMILES string of the molecule is CCNC(=NCc1cc(F)ccc1F)NCCc1cccc(C(=O)NC)c1.I. The summed E-state index contributed by atoms with van der Waals surface area (Å²) in [6.45, 7) is 3.18. The van der Waals surface area contributed by atoms with E-state index in [0.29, 0.717) is 31.0 Å². The third-order valence-electron chi connectivity index (χ3n) is 3.88. The Labute approximate surface area is 181 Å². The summed E-state index contributed by atoms with van der Waals surface area (Å²) in [6, 6.07) is 10.7. The first kappa shape index (κ1) is 23.8. The number of amides is 1. The van der Waals surface area contributed by atoms with Gasteiger partial charge >= 0.3 is 0 Å². The first-order chi connectivity index (χ1) is 13.0. The predicted molar refractivity (Wildman–Crippen MR) is 118 cm³/mol. The lowest BCUT2D eigenvalue weighted by Gasteiger charge is -2.12. The number of carbonyl (C=O) groups is 1. The Balaban J connectivity index is 0.00000392. The van der Waals surface area contributed by atoms with Crippen LogP contribution in [-0.4, -0.2) is 32.0 Å². The van der Waals surface area contributed by atoms with Gasteiger partial charge in [-0.3, -0.25) is 4.79 Å². The van der Waals surface area contributed by atoms with Crippen molar-refractivity contribution in [2.45, 2.75) is 19.9 Å². The van der Waals surface area contributed by atoms with Gasteiger partial charge < -0.3 is 16.0 Å². The van der Waals surface area contributed by atoms with E-state index in [1.165, 1.54) is 0 Å². The molecule has 0 aromatic heterocycles. The van der Waals surface area contributed by atoms with Crippen molar-refractivity contribution in [1.82, 2.24) is 16.0 Å². The molecule has 0 aliphatic carbocycles. The van der Waals surface area contributed by atoms with Crippen molar-refractivity contribution >= 4 is 35.8 Å². The summed E-state index contributed by atoms with van der Waals surface area (Å²) in [5, 5.41) is 8.83. The van der Waals surface area contributed by atoms with Gasteiger partial charge in [0.2, 0.25) is 0 Å². The minimum atomic E-state index is -0.490. The average Bonchev–Trinajstić information content (AvgIpc) is 2.68. The molecule has 0 unspecified atom stereocenters. The number of nitrogens with zero attached hydrogens (tertiary/aromatic N) is 1. The number of rotatable bonds is 7. The summed E-state index contributed by atoms with van der Waals surface area (Å²) in [5.74, 6) is -0.585. The van der Waals surface area contributed by atoms with Gasteiger partial charge in [-0.1, -0.05) is 12.1 Å². The molecular weight excluding hydrogens is 477 g/mol. The average molecular weight is 502 g/mol. The van der Waals surface area contributed by atoms with Gasteiger partial charge in [0.15, 0.2) is 5.96 Å². The Hall–Kier alpha value is -2.23. The van der Waals surface area contributed by atoms with E-state index in [9.17, 15) is 13.6 Å². The number of guanidine groups is 1. The maximum Gasteiger partial charge on any atom is 0.251 e. The molecule has 2 aromatic carbocycles. The van der Waals surface area contributed by atoms with Crippen molar-refractivity contribution < 1.29 is 13.6 Å². The van der Waals surface area contributed by atoms with E-state index in [4.69, 9.17) is 0 Å². The van der Waals surface area contributed by atoms with Crippen LogP contribution in [0.3, 0.4) is 0 Å². The topological polar surface area (TPSA) is 65.5 Å². The lowest BCUT2D eigenvalue weighted by atomic mass is 10.1. The van der Waals surface area contributed by atoms with Crippen LogP contribution in [0.2, 0.25) is 0 Å². The molecule has 0 fully saturated rings. The number of halogens is 3. The number of hydrogen-bond donors (Lipinski definition) is 3. The van der Waals surface area contributed by atoms with Gasteiger partial charge in [-0.2, -0.15) is 0 Å². The first-order valence-electron chi connectivity index (χ1n) is 8.80. The third kappa shape index (κ3) is 7.41.